The topological polar surface area (TPSA) is 38.3 Å². The SMILES string of the molecule is CC(NC(=O)COc1ccccc1C(C)(C)C)c1ccc2c(c1)CCC2. The van der Waals surface area contributed by atoms with Gasteiger partial charge < -0.3 is 10.1 Å². The molecule has 138 valence electrons. The Hall–Kier alpha value is -2.29. The summed E-state index contributed by atoms with van der Waals surface area (Å²) in [6.07, 6.45) is 3.56. The van der Waals surface area contributed by atoms with Crippen molar-refractivity contribution in [2.75, 3.05) is 6.61 Å². The first kappa shape index (κ1) is 18.5. The second kappa shape index (κ2) is 7.53. The highest BCUT2D eigenvalue weighted by atomic mass is 16.5. The summed E-state index contributed by atoms with van der Waals surface area (Å²) in [7, 11) is 0. The smallest absolute Gasteiger partial charge is 0.258 e. The van der Waals surface area contributed by atoms with E-state index in [4.69, 9.17) is 4.74 Å². The maximum Gasteiger partial charge on any atom is 0.258 e. The number of hydrogen-bond acceptors (Lipinski definition) is 2. The molecule has 3 heteroatoms. The van der Waals surface area contributed by atoms with Gasteiger partial charge >= 0.3 is 0 Å². The van der Waals surface area contributed by atoms with E-state index < -0.39 is 0 Å². The largest absolute Gasteiger partial charge is 0.483 e. The summed E-state index contributed by atoms with van der Waals surface area (Å²) in [4.78, 5) is 12.4. The van der Waals surface area contributed by atoms with Gasteiger partial charge in [0.25, 0.3) is 5.91 Å². The number of carbonyl (C=O) groups excluding carboxylic acids is 1. The molecular weight excluding hydrogens is 322 g/mol. The van der Waals surface area contributed by atoms with Crippen molar-refractivity contribution in [2.24, 2.45) is 0 Å². The van der Waals surface area contributed by atoms with Crippen molar-refractivity contribution in [1.29, 1.82) is 0 Å². The van der Waals surface area contributed by atoms with Crippen molar-refractivity contribution in [3.63, 3.8) is 0 Å². The molecule has 0 aliphatic heterocycles. The van der Waals surface area contributed by atoms with Crippen LogP contribution in [0.3, 0.4) is 0 Å². The summed E-state index contributed by atoms with van der Waals surface area (Å²) < 4.78 is 5.82. The Labute approximate surface area is 156 Å². The molecular formula is C23H29NO2. The van der Waals surface area contributed by atoms with Crippen molar-refractivity contribution >= 4 is 5.91 Å². The number of para-hydroxylation sites is 1. The Morgan fingerprint density at radius 3 is 2.62 bits per heavy atom. The fourth-order valence-corrected chi connectivity index (χ4v) is 3.58. The van der Waals surface area contributed by atoms with E-state index in [2.05, 4.69) is 50.4 Å². The Bertz CT molecular complexity index is 789. The number of ether oxygens (including phenoxy) is 1. The van der Waals surface area contributed by atoms with E-state index in [1.165, 1.54) is 24.0 Å². The minimum atomic E-state index is -0.0956. The Balaban J connectivity index is 1.60. The average Bonchev–Trinajstić information content (AvgIpc) is 3.07. The van der Waals surface area contributed by atoms with Gasteiger partial charge in [0.1, 0.15) is 5.75 Å². The summed E-state index contributed by atoms with van der Waals surface area (Å²) in [6.45, 7) is 8.49. The molecule has 3 rings (SSSR count). The Morgan fingerprint density at radius 1 is 1.12 bits per heavy atom. The number of fused-ring (bicyclic) bond motifs is 1. The van der Waals surface area contributed by atoms with Crippen LogP contribution in [0.25, 0.3) is 0 Å². The van der Waals surface area contributed by atoms with Crippen LogP contribution >= 0.6 is 0 Å². The van der Waals surface area contributed by atoms with Crippen molar-refractivity contribution in [3.8, 4) is 5.75 Å². The van der Waals surface area contributed by atoms with Crippen LogP contribution in [0.2, 0.25) is 0 Å². The predicted molar refractivity (Wildman–Crippen MR) is 106 cm³/mol. The molecule has 0 bridgehead atoms. The number of aryl methyl sites for hydroxylation is 2. The van der Waals surface area contributed by atoms with Crippen molar-refractivity contribution in [3.05, 3.63) is 64.7 Å². The van der Waals surface area contributed by atoms with E-state index in [1.54, 1.807) is 0 Å². The molecule has 26 heavy (non-hydrogen) atoms. The molecule has 0 saturated carbocycles. The number of nitrogens with one attached hydrogen (secondary N) is 1. The summed E-state index contributed by atoms with van der Waals surface area (Å²) in [6, 6.07) is 14.5. The van der Waals surface area contributed by atoms with Crippen LogP contribution in [-0.2, 0) is 23.1 Å². The van der Waals surface area contributed by atoms with Crippen LogP contribution in [0, 0.1) is 0 Å². The fourth-order valence-electron chi connectivity index (χ4n) is 3.58. The number of hydrogen-bond donors (Lipinski definition) is 1. The second-order valence-corrected chi connectivity index (χ2v) is 8.21. The summed E-state index contributed by atoms with van der Waals surface area (Å²) in [5.41, 5.74) is 5.13. The number of carbonyl (C=O) groups is 1. The zero-order valence-corrected chi connectivity index (χ0v) is 16.3. The van der Waals surface area contributed by atoms with Gasteiger partial charge in [-0.25, -0.2) is 0 Å². The lowest BCUT2D eigenvalue weighted by Crippen LogP contribution is -2.31. The van der Waals surface area contributed by atoms with E-state index in [0.29, 0.717) is 0 Å². The highest BCUT2D eigenvalue weighted by Crippen LogP contribution is 2.31. The van der Waals surface area contributed by atoms with Crippen LogP contribution in [-0.4, -0.2) is 12.5 Å². The molecule has 2 aromatic carbocycles. The maximum atomic E-state index is 12.4. The molecule has 1 aliphatic rings. The standard InChI is InChI=1S/C23H29NO2/c1-16(18-13-12-17-8-7-9-19(17)14-18)24-22(25)15-26-21-11-6-5-10-20(21)23(2,3)4/h5-6,10-14,16H,7-9,15H2,1-4H3,(H,24,25). The van der Waals surface area contributed by atoms with E-state index >= 15 is 0 Å². The van der Waals surface area contributed by atoms with Gasteiger partial charge in [0, 0.05) is 0 Å². The molecule has 1 aliphatic carbocycles. The second-order valence-electron chi connectivity index (χ2n) is 8.21. The number of amides is 1. The van der Waals surface area contributed by atoms with Gasteiger partial charge in [-0.1, -0.05) is 57.2 Å². The molecule has 1 N–H and O–H groups in total. The van der Waals surface area contributed by atoms with E-state index in [1.807, 2.05) is 25.1 Å². The van der Waals surface area contributed by atoms with Gasteiger partial charge in [0.05, 0.1) is 6.04 Å². The van der Waals surface area contributed by atoms with E-state index in [0.717, 1.165) is 23.3 Å². The molecule has 0 saturated heterocycles. The third-order valence-electron chi connectivity index (χ3n) is 5.05. The van der Waals surface area contributed by atoms with E-state index in [-0.39, 0.29) is 24.0 Å². The van der Waals surface area contributed by atoms with Gasteiger partial charge in [-0.2, -0.15) is 0 Å². The third-order valence-corrected chi connectivity index (χ3v) is 5.05. The van der Waals surface area contributed by atoms with Gasteiger partial charge in [-0.05, 0) is 59.9 Å². The van der Waals surface area contributed by atoms with Crippen LogP contribution in [0.5, 0.6) is 5.75 Å². The molecule has 0 fully saturated rings. The summed E-state index contributed by atoms with van der Waals surface area (Å²) in [5.74, 6) is 0.682. The van der Waals surface area contributed by atoms with Crippen LogP contribution in [0.4, 0.5) is 0 Å². The normalized spacial score (nSPS) is 14.6. The lowest BCUT2D eigenvalue weighted by Gasteiger charge is -2.23. The van der Waals surface area contributed by atoms with Gasteiger partial charge in [-0.15, -0.1) is 0 Å². The average molecular weight is 351 g/mol. The lowest BCUT2D eigenvalue weighted by atomic mass is 9.86. The Morgan fingerprint density at radius 2 is 1.85 bits per heavy atom. The molecule has 3 nitrogen and oxygen atoms in total. The number of benzene rings is 2. The van der Waals surface area contributed by atoms with E-state index in [9.17, 15) is 4.79 Å². The Kier molecular flexibility index (Phi) is 5.36. The third kappa shape index (κ3) is 4.27. The molecule has 2 aromatic rings. The summed E-state index contributed by atoms with van der Waals surface area (Å²) in [5, 5.41) is 3.05. The highest BCUT2D eigenvalue weighted by Gasteiger charge is 2.19. The molecule has 1 amide bonds. The monoisotopic (exact) mass is 351 g/mol. The molecule has 1 unspecified atom stereocenters. The first-order valence-corrected chi connectivity index (χ1v) is 9.48. The van der Waals surface area contributed by atoms with Crippen LogP contribution in [0.15, 0.2) is 42.5 Å². The molecule has 0 heterocycles. The lowest BCUT2D eigenvalue weighted by molar-refractivity contribution is -0.123. The van der Waals surface area contributed by atoms with Gasteiger partial charge in [0.2, 0.25) is 0 Å². The minimum Gasteiger partial charge on any atom is -0.483 e. The quantitative estimate of drug-likeness (QED) is 0.846. The molecule has 1 atom stereocenters. The first-order chi connectivity index (χ1) is 12.3. The van der Waals surface area contributed by atoms with Gasteiger partial charge in [0.15, 0.2) is 6.61 Å². The minimum absolute atomic E-state index is 0.0186. The zero-order valence-electron chi connectivity index (χ0n) is 16.3. The summed E-state index contributed by atoms with van der Waals surface area (Å²) >= 11 is 0. The van der Waals surface area contributed by atoms with Crippen LogP contribution < -0.4 is 10.1 Å². The zero-order chi connectivity index (χ0) is 18.7. The highest BCUT2D eigenvalue weighted by molar-refractivity contribution is 5.78. The molecule has 0 radical (unpaired) electrons. The van der Waals surface area contributed by atoms with Crippen LogP contribution in [0.1, 0.15) is 62.4 Å². The van der Waals surface area contributed by atoms with Gasteiger partial charge in [-0.3, -0.25) is 4.79 Å². The van der Waals surface area contributed by atoms with Crippen molar-refractivity contribution < 1.29 is 9.53 Å². The van der Waals surface area contributed by atoms with Crippen molar-refractivity contribution in [1.82, 2.24) is 5.32 Å². The first-order valence-electron chi connectivity index (χ1n) is 9.48. The van der Waals surface area contributed by atoms with Crippen molar-refractivity contribution in [2.45, 2.75) is 58.4 Å². The maximum absolute atomic E-state index is 12.4. The number of rotatable bonds is 5. The predicted octanol–water partition coefficient (Wildman–Crippen LogP) is 4.73. The molecule has 0 spiro atoms. The fraction of sp³-hybridized carbons (Fsp3) is 0.435. The molecule has 0 aromatic heterocycles.